The van der Waals surface area contributed by atoms with Crippen LogP contribution in [0.2, 0.25) is 0 Å². The highest BCUT2D eigenvalue weighted by molar-refractivity contribution is 5.95. The zero-order chi connectivity index (χ0) is 16.4. The topological polar surface area (TPSA) is 56.6 Å². The van der Waals surface area contributed by atoms with Gasteiger partial charge in [0.25, 0.3) is 5.91 Å². The van der Waals surface area contributed by atoms with Gasteiger partial charge in [0.2, 0.25) is 6.79 Å². The molecular weight excluding hydrogens is 306 g/mol. The van der Waals surface area contributed by atoms with Gasteiger partial charge in [0, 0.05) is 37.1 Å². The first-order valence-corrected chi connectivity index (χ1v) is 8.49. The van der Waals surface area contributed by atoms with Gasteiger partial charge in [-0.05, 0) is 49.9 Å². The number of carbonyl (C=O) groups is 1. The van der Waals surface area contributed by atoms with Crippen LogP contribution >= 0.6 is 0 Å². The molecule has 4 rings (SSSR count). The maximum atomic E-state index is 13.0. The average Bonchev–Trinajstić information content (AvgIpc) is 3.30. The molecule has 1 atom stereocenters. The minimum Gasteiger partial charge on any atom is -0.454 e. The summed E-state index contributed by atoms with van der Waals surface area (Å²) in [6.45, 7) is 1.88. The van der Waals surface area contributed by atoms with Gasteiger partial charge in [-0.1, -0.05) is 0 Å². The van der Waals surface area contributed by atoms with Crippen molar-refractivity contribution >= 4 is 5.91 Å². The largest absolute Gasteiger partial charge is 0.454 e. The first kappa shape index (κ1) is 15.1. The molecule has 0 aliphatic carbocycles. The van der Waals surface area contributed by atoms with E-state index >= 15 is 0 Å². The molecule has 2 aromatic rings. The maximum absolute atomic E-state index is 13.0. The predicted molar refractivity (Wildman–Crippen MR) is 88.1 cm³/mol. The van der Waals surface area contributed by atoms with Crippen LogP contribution in [0.3, 0.4) is 0 Å². The summed E-state index contributed by atoms with van der Waals surface area (Å²) in [4.78, 5) is 15.0. The van der Waals surface area contributed by atoms with E-state index in [1.54, 1.807) is 12.3 Å². The highest BCUT2D eigenvalue weighted by Crippen LogP contribution is 2.33. The number of benzene rings is 1. The molecule has 0 bridgehead atoms. The van der Waals surface area contributed by atoms with Crippen molar-refractivity contribution in [2.75, 3.05) is 13.3 Å². The molecule has 3 heterocycles. The van der Waals surface area contributed by atoms with Crippen molar-refractivity contribution in [1.82, 2.24) is 14.7 Å². The van der Waals surface area contributed by atoms with Crippen molar-refractivity contribution in [2.45, 2.75) is 38.3 Å². The SMILES string of the molecule is O=C(c1ccc2c(c1)OCO2)N1CCCCC1CCn1cccn1. The molecular formula is C18H21N3O3. The van der Waals surface area contributed by atoms with Gasteiger partial charge in [-0.3, -0.25) is 9.48 Å². The smallest absolute Gasteiger partial charge is 0.254 e. The number of ether oxygens (including phenoxy) is 2. The molecule has 1 aromatic carbocycles. The van der Waals surface area contributed by atoms with E-state index < -0.39 is 0 Å². The second kappa shape index (κ2) is 6.55. The Bertz CT molecular complexity index is 714. The third-order valence-corrected chi connectivity index (χ3v) is 4.76. The van der Waals surface area contributed by atoms with Crippen LogP contribution in [0.25, 0.3) is 0 Å². The van der Waals surface area contributed by atoms with E-state index in [9.17, 15) is 4.79 Å². The second-order valence-electron chi connectivity index (χ2n) is 6.27. The fraction of sp³-hybridized carbons (Fsp3) is 0.444. The standard InChI is InChI=1S/C18H21N3O3/c22-18(14-5-6-16-17(12-14)24-13-23-16)21-10-2-1-4-15(21)7-11-20-9-3-8-19-20/h3,5-6,8-9,12,15H,1-2,4,7,10-11,13H2. The van der Waals surface area contributed by atoms with Crippen LogP contribution in [0.15, 0.2) is 36.7 Å². The van der Waals surface area contributed by atoms with Crippen LogP contribution in [0.4, 0.5) is 0 Å². The first-order chi connectivity index (χ1) is 11.8. The Kier molecular flexibility index (Phi) is 4.11. The number of carbonyl (C=O) groups excluding carboxylic acids is 1. The summed E-state index contributed by atoms with van der Waals surface area (Å²) in [5.41, 5.74) is 0.672. The molecule has 6 nitrogen and oxygen atoms in total. The monoisotopic (exact) mass is 327 g/mol. The van der Waals surface area contributed by atoms with Gasteiger partial charge in [0.15, 0.2) is 11.5 Å². The summed E-state index contributed by atoms with van der Waals surface area (Å²) in [5, 5.41) is 4.25. The summed E-state index contributed by atoms with van der Waals surface area (Å²) < 4.78 is 12.6. The number of amides is 1. The average molecular weight is 327 g/mol. The quantitative estimate of drug-likeness (QED) is 0.866. The van der Waals surface area contributed by atoms with Crippen LogP contribution in [-0.4, -0.2) is 40.0 Å². The first-order valence-electron chi connectivity index (χ1n) is 8.49. The van der Waals surface area contributed by atoms with Gasteiger partial charge in [-0.2, -0.15) is 5.10 Å². The molecule has 1 unspecified atom stereocenters. The van der Waals surface area contributed by atoms with E-state index in [1.807, 2.05) is 34.0 Å². The Labute approximate surface area is 141 Å². The molecule has 2 aliphatic heterocycles. The molecule has 24 heavy (non-hydrogen) atoms. The number of piperidine rings is 1. The van der Waals surface area contributed by atoms with Crippen LogP contribution in [-0.2, 0) is 6.54 Å². The maximum Gasteiger partial charge on any atom is 0.254 e. The fourth-order valence-electron chi connectivity index (χ4n) is 3.48. The van der Waals surface area contributed by atoms with Gasteiger partial charge >= 0.3 is 0 Å². The molecule has 126 valence electrons. The van der Waals surface area contributed by atoms with Crippen LogP contribution < -0.4 is 9.47 Å². The van der Waals surface area contributed by atoms with E-state index in [-0.39, 0.29) is 18.7 Å². The number of likely N-dealkylation sites (tertiary alicyclic amines) is 1. The highest BCUT2D eigenvalue weighted by Gasteiger charge is 2.28. The molecule has 0 radical (unpaired) electrons. The lowest BCUT2D eigenvalue weighted by Gasteiger charge is -2.36. The van der Waals surface area contributed by atoms with Gasteiger partial charge in [-0.15, -0.1) is 0 Å². The highest BCUT2D eigenvalue weighted by atomic mass is 16.7. The van der Waals surface area contributed by atoms with Crippen molar-refractivity contribution < 1.29 is 14.3 Å². The molecule has 1 saturated heterocycles. The second-order valence-corrected chi connectivity index (χ2v) is 6.27. The van der Waals surface area contributed by atoms with Gasteiger partial charge < -0.3 is 14.4 Å². The number of aryl methyl sites for hydroxylation is 1. The minimum absolute atomic E-state index is 0.0819. The van der Waals surface area contributed by atoms with Crippen LogP contribution in [0.5, 0.6) is 11.5 Å². The molecule has 6 heteroatoms. The summed E-state index contributed by atoms with van der Waals surface area (Å²) in [6.07, 6.45) is 7.97. The fourth-order valence-corrected chi connectivity index (χ4v) is 3.48. The molecule has 1 aromatic heterocycles. The minimum atomic E-state index is 0.0819. The molecule has 2 aliphatic rings. The van der Waals surface area contributed by atoms with Crippen LogP contribution in [0, 0.1) is 0 Å². The summed E-state index contributed by atoms with van der Waals surface area (Å²) >= 11 is 0. The number of rotatable bonds is 4. The Morgan fingerprint density at radius 3 is 3.04 bits per heavy atom. The van der Waals surface area contributed by atoms with E-state index in [0.29, 0.717) is 17.1 Å². The number of hydrogen-bond donors (Lipinski definition) is 0. The summed E-state index contributed by atoms with van der Waals surface area (Å²) in [6, 6.07) is 7.63. The van der Waals surface area contributed by atoms with Crippen molar-refractivity contribution in [3.63, 3.8) is 0 Å². The normalized spacial score (nSPS) is 19.5. The molecule has 0 saturated carbocycles. The van der Waals surface area contributed by atoms with Crippen molar-refractivity contribution in [2.24, 2.45) is 0 Å². The van der Waals surface area contributed by atoms with E-state index in [0.717, 1.165) is 32.4 Å². The number of hydrogen-bond acceptors (Lipinski definition) is 4. The van der Waals surface area contributed by atoms with Crippen LogP contribution in [0.1, 0.15) is 36.0 Å². The zero-order valence-electron chi connectivity index (χ0n) is 13.6. The van der Waals surface area contributed by atoms with Gasteiger partial charge in [0.1, 0.15) is 0 Å². The zero-order valence-corrected chi connectivity index (χ0v) is 13.6. The Hall–Kier alpha value is -2.50. The van der Waals surface area contributed by atoms with Crippen molar-refractivity contribution in [3.05, 3.63) is 42.2 Å². The lowest BCUT2D eigenvalue weighted by Crippen LogP contribution is -2.44. The molecule has 0 N–H and O–H groups in total. The number of aromatic nitrogens is 2. The predicted octanol–water partition coefficient (Wildman–Crippen LogP) is 2.70. The van der Waals surface area contributed by atoms with E-state index in [1.165, 1.54) is 6.42 Å². The lowest BCUT2D eigenvalue weighted by molar-refractivity contribution is 0.0593. The number of fused-ring (bicyclic) bond motifs is 1. The van der Waals surface area contributed by atoms with E-state index in [4.69, 9.17) is 9.47 Å². The van der Waals surface area contributed by atoms with Crippen molar-refractivity contribution in [3.8, 4) is 11.5 Å². The lowest BCUT2D eigenvalue weighted by atomic mass is 9.98. The van der Waals surface area contributed by atoms with Gasteiger partial charge in [-0.25, -0.2) is 0 Å². The van der Waals surface area contributed by atoms with E-state index in [2.05, 4.69) is 5.10 Å². The third-order valence-electron chi connectivity index (χ3n) is 4.76. The molecule has 0 spiro atoms. The summed E-state index contributed by atoms with van der Waals surface area (Å²) in [7, 11) is 0. The molecule has 1 fully saturated rings. The number of nitrogens with zero attached hydrogens (tertiary/aromatic N) is 3. The molecule has 1 amide bonds. The Morgan fingerprint density at radius 1 is 1.25 bits per heavy atom. The Morgan fingerprint density at radius 2 is 2.17 bits per heavy atom. The summed E-state index contributed by atoms with van der Waals surface area (Å²) in [5.74, 6) is 1.45. The Balaban J connectivity index is 1.48. The van der Waals surface area contributed by atoms with Crippen molar-refractivity contribution in [1.29, 1.82) is 0 Å². The van der Waals surface area contributed by atoms with Gasteiger partial charge in [0.05, 0.1) is 0 Å². The third kappa shape index (κ3) is 2.96.